The molecule has 5 rings (SSSR count). The van der Waals surface area contributed by atoms with Gasteiger partial charge in [-0.25, -0.2) is 4.98 Å². The van der Waals surface area contributed by atoms with Gasteiger partial charge in [0.1, 0.15) is 22.3 Å². The minimum atomic E-state index is -0.217. The maximum atomic E-state index is 12.7. The Hall–Kier alpha value is -3.92. The fourth-order valence-corrected chi connectivity index (χ4v) is 4.77. The van der Waals surface area contributed by atoms with E-state index in [0.717, 1.165) is 21.9 Å². The zero-order valence-electron chi connectivity index (χ0n) is 19.5. The summed E-state index contributed by atoms with van der Waals surface area (Å²) in [5.41, 5.74) is 1.90. The number of carbonyl (C=O) groups is 1. The fourth-order valence-electron chi connectivity index (χ4n) is 3.87. The molecular formula is C25H25N5O4S. The normalized spacial score (nSPS) is 13.8. The van der Waals surface area contributed by atoms with E-state index in [9.17, 15) is 9.59 Å². The summed E-state index contributed by atoms with van der Waals surface area (Å²) >= 11 is 1.39. The largest absolute Gasteiger partial charge is 0.497 e. The van der Waals surface area contributed by atoms with Gasteiger partial charge < -0.3 is 19.3 Å². The van der Waals surface area contributed by atoms with Crippen LogP contribution in [-0.2, 0) is 4.79 Å². The molecule has 0 saturated carbocycles. The number of anilines is 1. The molecular weight excluding hydrogens is 466 g/mol. The maximum absolute atomic E-state index is 12.7. The molecule has 0 atom stereocenters. The van der Waals surface area contributed by atoms with Gasteiger partial charge in [0.05, 0.1) is 7.11 Å². The topological polar surface area (TPSA) is 89.3 Å². The number of aryl methyl sites for hydroxylation is 1. The average Bonchev–Trinajstić information content (AvgIpc) is 3.33. The van der Waals surface area contributed by atoms with Gasteiger partial charge in [0.15, 0.2) is 6.61 Å². The molecule has 3 heterocycles. The summed E-state index contributed by atoms with van der Waals surface area (Å²) < 4.78 is 12.1. The average molecular weight is 492 g/mol. The number of benzene rings is 2. The number of carbonyl (C=O) groups excluding carboxylic acids is 1. The van der Waals surface area contributed by atoms with Crippen LogP contribution in [0.25, 0.3) is 15.5 Å². The number of nitrogens with zero attached hydrogens (tertiary/aromatic N) is 5. The van der Waals surface area contributed by atoms with E-state index in [1.807, 2.05) is 36.1 Å². The Balaban J connectivity index is 1.22. The van der Waals surface area contributed by atoms with E-state index in [4.69, 9.17) is 9.47 Å². The molecule has 0 N–H and O–H groups in total. The standard InChI is InChI=1S/C25H25N5O4S/c1-17-3-5-18(6-4-17)24-27-30-22(31)15-21(26-25(30)35-24)28-11-13-29(14-12-28)23(32)16-34-20-9-7-19(33-2)8-10-20/h3-10,15H,11-14,16H2,1-2H3. The lowest BCUT2D eigenvalue weighted by Gasteiger charge is -2.35. The lowest BCUT2D eigenvalue weighted by molar-refractivity contribution is -0.133. The molecule has 1 aliphatic rings. The molecule has 2 aromatic heterocycles. The van der Waals surface area contributed by atoms with E-state index in [0.29, 0.717) is 42.7 Å². The van der Waals surface area contributed by atoms with Crippen LogP contribution in [0.2, 0.25) is 0 Å². The summed E-state index contributed by atoms with van der Waals surface area (Å²) in [6.45, 7) is 4.23. The van der Waals surface area contributed by atoms with Crippen molar-refractivity contribution in [2.24, 2.45) is 0 Å². The lowest BCUT2D eigenvalue weighted by Crippen LogP contribution is -2.50. The number of ether oxygens (including phenoxy) is 2. The Labute approximate surface area is 206 Å². The molecule has 10 heteroatoms. The predicted octanol–water partition coefficient (Wildman–Crippen LogP) is 2.86. The van der Waals surface area contributed by atoms with Crippen LogP contribution in [0.1, 0.15) is 5.56 Å². The summed E-state index contributed by atoms with van der Waals surface area (Å²) in [6, 6.07) is 16.7. The number of methoxy groups -OCH3 is 1. The van der Waals surface area contributed by atoms with Gasteiger partial charge in [-0.05, 0) is 31.2 Å². The smallest absolute Gasteiger partial charge is 0.277 e. The Morgan fingerprint density at radius 1 is 1.00 bits per heavy atom. The van der Waals surface area contributed by atoms with Crippen LogP contribution in [0.4, 0.5) is 5.82 Å². The van der Waals surface area contributed by atoms with Crippen LogP contribution in [0.5, 0.6) is 11.5 Å². The maximum Gasteiger partial charge on any atom is 0.277 e. The number of hydrogen-bond donors (Lipinski definition) is 0. The Morgan fingerprint density at radius 3 is 2.37 bits per heavy atom. The second-order valence-electron chi connectivity index (χ2n) is 8.25. The van der Waals surface area contributed by atoms with Gasteiger partial charge >= 0.3 is 0 Å². The molecule has 2 aromatic carbocycles. The van der Waals surface area contributed by atoms with Crippen LogP contribution in [0, 0.1) is 6.92 Å². The predicted molar refractivity (Wildman–Crippen MR) is 135 cm³/mol. The van der Waals surface area contributed by atoms with Crippen LogP contribution < -0.4 is 19.9 Å². The lowest BCUT2D eigenvalue weighted by atomic mass is 10.2. The zero-order chi connectivity index (χ0) is 24.4. The first kappa shape index (κ1) is 22.9. The highest BCUT2D eigenvalue weighted by atomic mass is 32.1. The number of amides is 1. The molecule has 0 bridgehead atoms. The van der Waals surface area contributed by atoms with Gasteiger partial charge in [-0.3, -0.25) is 9.59 Å². The summed E-state index contributed by atoms with van der Waals surface area (Å²) in [4.78, 5) is 34.4. The van der Waals surface area contributed by atoms with Crippen LogP contribution in [0.3, 0.4) is 0 Å². The van der Waals surface area contributed by atoms with Crippen molar-refractivity contribution in [1.29, 1.82) is 0 Å². The first-order valence-corrected chi connectivity index (χ1v) is 12.1. The fraction of sp³-hybridized carbons (Fsp3) is 0.280. The van der Waals surface area contributed by atoms with Gasteiger partial charge in [0, 0.05) is 37.8 Å². The second-order valence-corrected chi connectivity index (χ2v) is 9.21. The van der Waals surface area contributed by atoms with Crippen molar-refractivity contribution in [2.45, 2.75) is 6.92 Å². The summed E-state index contributed by atoms with van der Waals surface area (Å²) in [5, 5.41) is 5.21. The first-order chi connectivity index (χ1) is 17.0. The van der Waals surface area contributed by atoms with Crippen molar-refractivity contribution in [3.05, 3.63) is 70.5 Å². The van der Waals surface area contributed by atoms with Crippen molar-refractivity contribution in [2.75, 3.05) is 44.8 Å². The molecule has 0 unspecified atom stereocenters. The monoisotopic (exact) mass is 491 g/mol. The molecule has 9 nitrogen and oxygen atoms in total. The van der Waals surface area contributed by atoms with Crippen LogP contribution in [-0.4, -0.2) is 65.3 Å². The quantitative estimate of drug-likeness (QED) is 0.410. The molecule has 35 heavy (non-hydrogen) atoms. The number of aromatic nitrogens is 3. The minimum absolute atomic E-state index is 0.0272. The molecule has 1 saturated heterocycles. The van der Waals surface area contributed by atoms with E-state index in [-0.39, 0.29) is 18.1 Å². The van der Waals surface area contributed by atoms with E-state index >= 15 is 0 Å². The molecule has 1 fully saturated rings. The van der Waals surface area contributed by atoms with E-state index in [2.05, 4.69) is 10.1 Å². The van der Waals surface area contributed by atoms with Gasteiger partial charge in [-0.1, -0.05) is 41.2 Å². The number of rotatable bonds is 6. The number of piperazine rings is 1. The van der Waals surface area contributed by atoms with Gasteiger partial charge in [0.2, 0.25) is 4.96 Å². The number of fused-ring (bicyclic) bond motifs is 1. The highest BCUT2D eigenvalue weighted by Gasteiger charge is 2.23. The van der Waals surface area contributed by atoms with Crippen molar-refractivity contribution in [3.8, 4) is 22.1 Å². The van der Waals surface area contributed by atoms with Crippen molar-refractivity contribution in [3.63, 3.8) is 0 Å². The number of hydrogen-bond acceptors (Lipinski definition) is 8. The third-order valence-electron chi connectivity index (χ3n) is 5.91. The summed E-state index contributed by atoms with van der Waals surface area (Å²) in [5.74, 6) is 1.88. The van der Waals surface area contributed by atoms with E-state index < -0.39 is 0 Å². The molecule has 0 radical (unpaired) electrons. The van der Waals surface area contributed by atoms with E-state index in [1.54, 1.807) is 36.3 Å². The van der Waals surface area contributed by atoms with E-state index in [1.165, 1.54) is 21.9 Å². The van der Waals surface area contributed by atoms with Crippen LogP contribution in [0.15, 0.2) is 59.4 Å². The van der Waals surface area contributed by atoms with Crippen LogP contribution >= 0.6 is 11.3 Å². The molecule has 1 aliphatic heterocycles. The van der Waals surface area contributed by atoms with Crippen molar-refractivity contribution in [1.82, 2.24) is 19.5 Å². The highest BCUT2D eigenvalue weighted by Crippen LogP contribution is 2.26. The van der Waals surface area contributed by atoms with Crippen molar-refractivity contribution < 1.29 is 14.3 Å². The Kier molecular flexibility index (Phi) is 6.37. The van der Waals surface area contributed by atoms with Gasteiger partial charge in [0.25, 0.3) is 11.5 Å². The molecule has 1 amide bonds. The molecule has 0 spiro atoms. The summed E-state index contributed by atoms with van der Waals surface area (Å²) in [6.07, 6.45) is 0. The minimum Gasteiger partial charge on any atom is -0.497 e. The van der Waals surface area contributed by atoms with Gasteiger partial charge in [-0.15, -0.1) is 0 Å². The second kappa shape index (κ2) is 9.75. The molecule has 4 aromatic rings. The highest BCUT2D eigenvalue weighted by molar-refractivity contribution is 7.19. The van der Waals surface area contributed by atoms with Gasteiger partial charge in [-0.2, -0.15) is 9.61 Å². The van der Waals surface area contributed by atoms with Crippen molar-refractivity contribution >= 4 is 28.0 Å². The SMILES string of the molecule is COc1ccc(OCC(=O)N2CCN(c3cc(=O)n4nc(-c5ccc(C)cc5)sc4n3)CC2)cc1. The third kappa shape index (κ3) is 4.97. The Morgan fingerprint density at radius 2 is 1.69 bits per heavy atom. The first-order valence-electron chi connectivity index (χ1n) is 11.3. The third-order valence-corrected chi connectivity index (χ3v) is 6.87. The zero-order valence-corrected chi connectivity index (χ0v) is 20.3. The molecule has 0 aliphatic carbocycles. The molecule has 180 valence electrons. The summed E-state index contributed by atoms with van der Waals surface area (Å²) in [7, 11) is 1.60. The Bertz CT molecular complexity index is 1390.